The van der Waals surface area contributed by atoms with E-state index >= 15 is 0 Å². The van der Waals surface area contributed by atoms with Crippen molar-refractivity contribution in [2.24, 2.45) is 0 Å². The molecule has 0 fully saturated rings. The van der Waals surface area contributed by atoms with Gasteiger partial charge in [0.1, 0.15) is 5.75 Å². The normalized spacial score (nSPS) is 13.9. The molecule has 1 aliphatic heterocycles. The van der Waals surface area contributed by atoms with Crippen LogP contribution >= 0.6 is 0 Å². The van der Waals surface area contributed by atoms with Gasteiger partial charge in [-0.1, -0.05) is 32.9 Å². The highest BCUT2D eigenvalue weighted by Crippen LogP contribution is 2.38. The summed E-state index contributed by atoms with van der Waals surface area (Å²) in [6.45, 7) is 6.25. The molecule has 1 aromatic rings. The molecule has 0 unspecified atom stereocenters. The zero-order valence-electron chi connectivity index (χ0n) is 12.4. The molecule has 4 nitrogen and oxygen atoms in total. The Bertz CT molecular complexity index is 552. The molecule has 2 rings (SSSR count). The highest BCUT2D eigenvalue weighted by Gasteiger charge is 2.29. The highest BCUT2D eigenvalue weighted by molar-refractivity contribution is 5.82. The van der Waals surface area contributed by atoms with Crippen molar-refractivity contribution in [3.8, 4) is 5.75 Å². The monoisotopic (exact) mass is 276 g/mol. The fourth-order valence-corrected chi connectivity index (χ4v) is 2.36. The Morgan fingerprint density at radius 1 is 1.35 bits per heavy atom. The maximum Gasteiger partial charge on any atom is 0.315 e. The van der Waals surface area contributed by atoms with Gasteiger partial charge < -0.3 is 9.47 Å². The van der Waals surface area contributed by atoms with Gasteiger partial charge in [0.05, 0.1) is 13.5 Å². The largest absolute Gasteiger partial charge is 0.469 e. The van der Waals surface area contributed by atoms with Crippen molar-refractivity contribution in [2.75, 3.05) is 7.11 Å². The third kappa shape index (κ3) is 3.00. The average Bonchev–Trinajstić information content (AvgIpc) is 2.73. The summed E-state index contributed by atoms with van der Waals surface area (Å²) >= 11 is 0. The number of carbonyl (C=O) groups excluding carboxylic acids is 2. The van der Waals surface area contributed by atoms with E-state index in [2.05, 4.69) is 25.5 Å². The van der Waals surface area contributed by atoms with Crippen molar-refractivity contribution >= 4 is 11.9 Å². The van der Waals surface area contributed by atoms with Gasteiger partial charge in [-0.3, -0.25) is 9.59 Å². The Morgan fingerprint density at radius 3 is 2.65 bits per heavy atom. The van der Waals surface area contributed by atoms with Gasteiger partial charge in [-0.05, 0) is 17.4 Å². The first-order valence-corrected chi connectivity index (χ1v) is 6.75. The van der Waals surface area contributed by atoms with Crippen molar-refractivity contribution in [3.63, 3.8) is 0 Å². The Labute approximate surface area is 119 Å². The second-order valence-electron chi connectivity index (χ2n) is 6.11. The Kier molecular flexibility index (Phi) is 3.84. The fourth-order valence-electron chi connectivity index (χ4n) is 2.36. The van der Waals surface area contributed by atoms with Crippen LogP contribution in [0, 0.1) is 0 Å². The summed E-state index contributed by atoms with van der Waals surface area (Å²) in [5, 5.41) is 0. The third-order valence-electron chi connectivity index (χ3n) is 3.43. The van der Waals surface area contributed by atoms with Crippen molar-refractivity contribution < 1.29 is 19.1 Å². The average molecular weight is 276 g/mol. The van der Waals surface area contributed by atoms with Gasteiger partial charge in [-0.2, -0.15) is 0 Å². The maximum absolute atomic E-state index is 11.5. The molecule has 4 heteroatoms. The number of fused-ring (bicyclic) bond motifs is 1. The van der Waals surface area contributed by atoms with Crippen molar-refractivity contribution in [2.45, 2.75) is 45.4 Å². The van der Waals surface area contributed by atoms with Crippen molar-refractivity contribution in [3.05, 3.63) is 28.8 Å². The minimum absolute atomic E-state index is 0.115. The summed E-state index contributed by atoms with van der Waals surface area (Å²) in [6, 6.07) is 3.98. The number of benzene rings is 1. The molecular weight excluding hydrogens is 256 g/mol. The van der Waals surface area contributed by atoms with Crippen LogP contribution < -0.4 is 4.74 Å². The van der Waals surface area contributed by atoms with E-state index in [0.717, 1.165) is 16.7 Å². The van der Waals surface area contributed by atoms with Crippen LogP contribution in [0.3, 0.4) is 0 Å². The molecule has 0 bridgehead atoms. The van der Waals surface area contributed by atoms with Crippen LogP contribution in [0.25, 0.3) is 0 Å². The predicted molar refractivity (Wildman–Crippen MR) is 74.8 cm³/mol. The van der Waals surface area contributed by atoms with E-state index in [-0.39, 0.29) is 17.4 Å². The molecule has 0 N–H and O–H groups in total. The summed E-state index contributed by atoms with van der Waals surface area (Å²) in [4.78, 5) is 22.8. The molecule has 0 spiro atoms. The Morgan fingerprint density at radius 2 is 2.05 bits per heavy atom. The molecule has 20 heavy (non-hydrogen) atoms. The number of ether oxygens (including phenoxy) is 2. The van der Waals surface area contributed by atoms with E-state index in [9.17, 15) is 9.59 Å². The second-order valence-corrected chi connectivity index (χ2v) is 6.11. The summed E-state index contributed by atoms with van der Waals surface area (Å²) in [6.07, 6.45) is 1.26. The van der Waals surface area contributed by atoms with Gasteiger partial charge >= 0.3 is 11.9 Å². The third-order valence-corrected chi connectivity index (χ3v) is 3.43. The summed E-state index contributed by atoms with van der Waals surface area (Å²) in [7, 11) is 1.39. The van der Waals surface area contributed by atoms with Gasteiger partial charge in [-0.15, -0.1) is 0 Å². The minimum Gasteiger partial charge on any atom is -0.469 e. The van der Waals surface area contributed by atoms with Gasteiger partial charge in [0.15, 0.2) is 0 Å². The van der Waals surface area contributed by atoms with E-state index in [4.69, 9.17) is 4.74 Å². The van der Waals surface area contributed by atoms with Crippen molar-refractivity contribution in [1.29, 1.82) is 0 Å². The van der Waals surface area contributed by atoms with Gasteiger partial charge in [-0.25, -0.2) is 0 Å². The Hall–Kier alpha value is -1.84. The Balaban J connectivity index is 2.34. The van der Waals surface area contributed by atoms with Crippen LogP contribution in [0.5, 0.6) is 5.75 Å². The van der Waals surface area contributed by atoms with E-state index in [1.165, 1.54) is 7.11 Å². The van der Waals surface area contributed by atoms with Crippen LogP contribution in [-0.4, -0.2) is 19.0 Å². The highest BCUT2D eigenvalue weighted by atomic mass is 16.5. The minimum atomic E-state index is -0.227. The second kappa shape index (κ2) is 5.27. The quantitative estimate of drug-likeness (QED) is 0.629. The van der Waals surface area contributed by atoms with E-state index in [1.54, 1.807) is 0 Å². The van der Waals surface area contributed by atoms with Crippen LogP contribution in [0.2, 0.25) is 0 Å². The molecule has 1 aliphatic rings. The lowest BCUT2D eigenvalue weighted by Crippen LogP contribution is -2.14. The number of hydrogen-bond donors (Lipinski definition) is 0. The van der Waals surface area contributed by atoms with Crippen LogP contribution in [-0.2, 0) is 32.6 Å². The number of aryl methyl sites for hydroxylation is 1. The molecule has 1 heterocycles. The number of rotatable bonds is 3. The standard InChI is InChI=1S/C16H20O4/c1-16(2,3)12-8-10(5-6-13(17)19-4)7-11-9-14(18)20-15(11)12/h7-8H,5-6,9H2,1-4H3. The summed E-state index contributed by atoms with van der Waals surface area (Å²) in [5.41, 5.74) is 2.86. The topological polar surface area (TPSA) is 52.6 Å². The number of carbonyl (C=O) groups is 2. The fraction of sp³-hybridized carbons (Fsp3) is 0.500. The predicted octanol–water partition coefficient (Wildman–Crippen LogP) is 2.55. The van der Waals surface area contributed by atoms with Gasteiger partial charge in [0.25, 0.3) is 0 Å². The first-order chi connectivity index (χ1) is 9.31. The molecule has 0 saturated heterocycles. The van der Waals surface area contributed by atoms with Gasteiger partial charge in [0, 0.05) is 17.5 Å². The van der Waals surface area contributed by atoms with Crippen LogP contribution in [0.1, 0.15) is 43.9 Å². The van der Waals surface area contributed by atoms with Gasteiger partial charge in [0.2, 0.25) is 0 Å². The summed E-state index contributed by atoms with van der Waals surface area (Å²) in [5.74, 6) is 0.259. The van der Waals surface area contributed by atoms with E-state index < -0.39 is 0 Å². The molecular formula is C16H20O4. The van der Waals surface area contributed by atoms with Crippen LogP contribution in [0.4, 0.5) is 0 Å². The lowest BCUT2D eigenvalue weighted by Gasteiger charge is -2.22. The first-order valence-electron chi connectivity index (χ1n) is 6.75. The van der Waals surface area contributed by atoms with Crippen molar-refractivity contribution in [1.82, 2.24) is 0 Å². The first kappa shape index (κ1) is 14.6. The molecule has 0 aliphatic carbocycles. The lowest BCUT2D eigenvalue weighted by atomic mass is 9.83. The number of esters is 2. The molecule has 0 atom stereocenters. The SMILES string of the molecule is COC(=O)CCc1cc2c(c(C(C)(C)C)c1)OC(=O)C2. The number of methoxy groups -OCH3 is 1. The van der Waals surface area contributed by atoms with Crippen LogP contribution in [0.15, 0.2) is 12.1 Å². The lowest BCUT2D eigenvalue weighted by molar-refractivity contribution is -0.140. The molecule has 0 saturated carbocycles. The zero-order chi connectivity index (χ0) is 14.9. The molecule has 0 amide bonds. The summed E-state index contributed by atoms with van der Waals surface area (Å²) < 4.78 is 10.00. The van der Waals surface area contributed by atoms with E-state index in [0.29, 0.717) is 25.0 Å². The molecule has 1 aromatic carbocycles. The molecule has 0 aromatic heterocycles. The van der Waals surface area contributed by atoms with E-state index in [1.807, 2.05) is 12.1 Å². The molecule has 108 valence electrons. The zero-order valence-corrected chi connectivity index (χ0v) is 12.4. The molecule has 0 radical (unpaired) electrons. The number of hydrogen-bond acceptors (Lipinski definition) is 4. The maximum atomic E-state index is 11.5. The smallest absolute Gasteiger partial charge is 0.315 e.